The maximum atomic E-state index is 12.3. The summed E-state index contributed by atoms with van der Waals surface area (Å²) in [6.45, 7) is 2.39. The molecule has 5 heteroatoms. The van der Waals surface area contributed by atoms with Crippen molar-refractivity contribution in [3.8, 4) is 5.75 Å². The molecule has 1 saturated carbocycles. The highest BCUT2D eigenvalue weighted by Gasteiger charge is 2.33. The highest BCUT2D eigenvalue weighted by Crippen LogP contribution is 2.32. The molecule has 0 heterocycles. The van der Waals surface area contributed by atoms with Crippen molar-refractivity contribution in [2.24, 2.45) is 5.92 Å². The fourth-order valence-corrected chi connectivity index (χ4v) is 3.16. The van der Waals surface area contributed by atoms with E-state index in [1.807, 2.05) is 0 Å². The van der Waals surface area contributed by atoms with Gasteiger partial charge in [0.1, 0.15) is 5.75 Å². The van der Waals surface area contributed by atoms with E-state index in [-0.39, 0.29) is 12.5 Å². The van der Waals surface area contributed by atoms with E-state index in [0.29, 0.717) is 22.3 Å². The molecule has 21 heavy (non-hydrogen) atoms. The van der Waals surface area contributed by atoms with E-state index < -0.39 is 5.60 Å². The summed E-state index contributed by atoms with van der Waals surface area (Å²) in [6, 6.07) is 4.91. The van der Waals surface area contributed by atoms with E-state index in [9.17, 15) is 9.90 Å². The zero-order chi connectivity index (χ0) is 15.5. The lowest BCUT2D eigenvalue weighted by Crippen LogP contribution is -2.45. The van der Waals surface area contributed by atoms with Crippen LogP contribution in [0.5, 0.6) is 5.75 Å². The van der Waals surface area contributed by atoms with Crippen LogP contribution in [0.4, 0.5) is 0 Å². The minimum atomic E-state index is -0.806. The maximum Gasteiger partial charge on any atom is 0.255 e. The Balaban J connectivity index is 2.03. The Hall–Kier alpha value is -1.26. The lowest BCUT2D eigenvalue weighted by Gasteiger charge is -2.35. The van der Waals surface area contributed by atoms with Crippen LogP contribution in [0.15, 0.2) is 18.2 Å². The van der Waals surface area contributed by atoms with E-state index >= 15 is 0 Å². The van der Waals surface area contributed by atoms with Gasteiger partial charge in [-0.05, 0) is 37.0 Å². The van der Waals surface area contributed by atoms with Crippen LogP contribution < -0.4 is 10.1 Å². The summed E-state index contributed by atoms with van der Waals surface area (Å²) in [5.74, 6) is 0.684. The Morgan fingerprint density at radius 1 is 1.57 bits per heavy atom. The number of benzene rings is 1. The number of amides is 1. The number of carbonyl (C=O) groups is 1. The molecule has 1 aromatic carbocycles. The molecule has 116 valence electrons. The molecule has 1 amide bonds. The van der Waals surface area contributed by atoms with Crippen LogP contribution in [0.1, 0.15) is 43.0 Å². The summed E-state index contributed by atoms with van der Waals surface area (Å²) in [5.41, 5.74) is -0.420. The van der Waals surface area contributed by atoms with Gasteiger partial charge in [-0.25, -0.2) is 0 Å². The largest absolute Gasteiger partial charge is 0.496 e. The minimum Gasteiger partial charge on any atom is -0.496 e. The van der Waals surface area contributed by atoms with Gasteiger partial charge in [-0.15, -0.1) is 0 Å². The molecule has 1 aromatic rings. The first-order chi connectivity index (χ1) is 9.93. The average Bonchev–Trinajstić information content (AvgIpc) is 2.44. The summed E-state index contributed by atoms with van der Waals surface area (Å²) >= 11 is 5.93. The van der Waals surface area contributed by atoms with Crippen molar-refractivity contribution in [3.63, 3.8) is 0 Å². The molecule has 0 saturated heterocycles. The lowest BCUT2D eigenvalue weighted by molar-refractivity contribution is -0.0109. The van der Waals surface area contributed by atoms with E-state index in [0.717, 1.165) is 25.7 Å². The Morgan fingerprint density at radius 2 is 2.33 bits per heavy atom. The van der Waals surface area contributed by atoms with Gasteiger partial charge in [-0.3, -0.25) is 4.79 Å². The molecule has 2 unspecified atom stereocenters. The molecule has 2 atom stereocenters. The molecule has 2 N–H and O–H groups in total. The van der Waals surface area contributed by atoms with Crippen LogP contribution in [0.25, 0.3) is 0 Å². The quantitative estimate of drug-likeness (QED) is 0.898. The van der Waals surface area contributed by atoms with E-state index in [4.69, 9.17) is 16.3 Å². The van der Waals surface area contributed by atoms with Crippen molar-refractivity contribution < 1.29 is 14.6 Å². The highest BCUT2D eigenvalue weighted by molar-refractivity contribution is 6.31. The first kappa shape index (κ1) is 16.1. The fraction of sp³-hybridized carbons (Fsp3) is 0.562. The number of ether oxygens (including phenoxy) is 1. The molecule has 1 aliphatic carbocycles. The Labute approximate surface area is 130 Å². The molecule has 0 bridgehead atoms. The monoisotopic (exact) mass is 311 g/mol. The second kappa shape index (κ2) is 6.67. The van der Waals surface area contributed by atoms with Gasteiger partial charge >= 0.3 is 0 Å². The molecule has 0 radical (unpaired) electrons. The number of halogens is 1. The molecule has 4 nitrogen and oxygen atoms in total. The third-order valence-corrected chi connectivity index (χ3v) is 4.29. The zero-order valence-corrected chi connectivity index (χ0v) is 13.2. The first-order valence-corrected chi connectivity index (χ1v) is 7.65. The van der Waals surface area contributed by atoms with Gasteiger partial charge in [-0.1, -0.05) is 31.4 Å². The first-order valence-electron chi connectivity index (χ1n) is 7.28. The number of carbonyl (C=O) groups excluding carboxylic acids is 1. The summed E-state index contributed by atoms with van der Waals surface area (Å²) in [7, 11) is 1.51. The van der Waals surface area contributed by atoms with Gasteiger partial charge in [0.25, 0.3) is 5.91 Å². The summed E-state index contributed by atoms with van der Waals surface area (Å²) in [6.07, 6.45) is 3.58. The SMILES string of the molecule is COc1ccc(Cl)cc1C(=O)NCC1(O)CCCC(C)C1. The fourth-order valence-electron chi connectivity index (χ4n) is 2.99. The summed E-state index contributed by atoms with van der Waals surface area (Å²) in [5, 5.41) is 13.8. The minimum absolute atomic E-state index is 0.256. The standard InChI is InChI=1S/C16H22ClNO3/c1-11-4-3-7-16(20,9-11)10-18-15(19)13-8-12(17)5-6-14(13)21-2/h5-6,8,11,20H,3-4,7,9-10H2,1-2H3,(H,18,19). The van der Waals surface area contributed by atoms with Crippen molar-refractivity contribution in [2.45, 2.75) is 38.2 Å². The van der Waals surface area contributed by atoms with Gasteiger partial charge in [0.05, 0.1) is 18.3 Å². The molecular formula is C16H22ClNO3. The second-order valence-electron chi connectivity index (χ2n) is 5.95. The van der Waals surface area contributed by atoms with Gasteiger partial charge < -0.3 is 15.2 Å². The maximum absolute atomic E-state index is 12.3. The van der Waals surface area contributed by atoms with Crippen molar-refractivity contribution >= 4 is 17.5 Å². The predicted octanol–water partition coefficient (Wildman–Crippen LogP) is 3.02. The number of hydrogen-bond acceptors (Lipinski definition) is 3. The van der Waals surface area contributed by atoms with E-state index in [1.165, 1.54) is 7.11 Å². The Morgan fingerprint density at radius 3 is 3.00 bits per heavy atom. The molecule has 0 spiro atoms. The third-order valence-electron chi connectivity index (χ3n) is 4.05. The number of hydrogen-bond donors (Lipinski definition) is 2. The van der Waals surface area contributed by atoms with Crippen molar-refractivity contribution in [1.29, 1.82) is 0 Å². The molecule has 0 aliphatic heterocycles. The molecule has 1 fully saturated rings. The average molecular weight is 312 g/mol. The number of nitrogens with one attached hydrogen (secondary N) is 1. The molecular weight excluding hydrogens is 290 g/mol. The topological polar surface area (TPSA) is 58.6 Å². The van der Waals surface area contributed by atoms with Gasteiger partial charge in [0.15, 0.2) is 0 Å². The van der Waals surface area contributed by atoms with Crippen LogP contribution in [0.3, 0.4) is 0 Å². The summed E-state index contributed by atoms with van der Waals surface area (Å²) < 4.78 is 5.17. The van der Waals surface area contributed by atoms with Crippen molar-refractivity contribution in [3.05, 3.63) is 28.8 Å². The molecule has 0 aromatic heterocycles. The van der Waals surface area contributed by atoms with Gasteiger partial charge in [-0.2, -0.15) is 0 Å². The molecule has 1 aliphatic rings. The number of rotatable bonds is 4. The van der Waals surface area contributed by atoms with Crippen molar-refractivity contribution in [2.75, 3.05) is 13.7 Å². The number of aliphatic hydroxyl groups is 1. The van der Waals surface area contributed by atoms with Gasteiger partial charge in [0.2, 0.25) is 0 Å². The van der Waals surface area contributed by atoms with E-state index in [2.05, 4.69) is 12.2 Å². The number of methoxy groups -OCH3 is 1. The zero-order valence-electron chi connectivity index (χ0n) is 12.5. The Bertz CT molecular complexity index is 520. The third kappa shape index (κ3) is 4.11. The predicted molar refractivity (Wildman–Crippen MR) is 82.9 cm³/mol. The van der Waals surface area contributed by atoms with Crippen molar-refractivity contribution in [1.82, 2.24) is 5.32 Å². The lowest BCUT2D eigenvalue weighted by atomic mass is 9.79. The van der Waals surface area contributed by atoms with Crippen LogP contribution in [-0.4, -0.2) is 30.3 Å². The summed E-state index contributed by atoms with van der Waals surface area (Å²) in [4.78, 5) is 12.3. The molecule has 2 rings (SSSR count). The van der Waals surface area contributed by atoms with Crippen LogP contribution in [-0.2, 0) is 0 Å². The van der Waals surface area contributed by atoms with Crippen LogP contribution >= 0.6 is 11.6 Å². The second-order valence-corrected chi connectivity index (χ2v) is 6.39. The van der Waals surface area contributed by atoms with Crippen LogP contribution in [0, 0.1) is 5.92 Å². The van der Waals surface area contributed by atoms with E-state index in [1.54, 1.807) is 18.2 Å². The smallest absolute Gasteiger partial charge is 0.255 e. The normalized spacial score (nSPS) is 25.4. The Kier molecular flexibility index (Phi) is 5.12. The van der Waals surface area contributed by atoms with Gasteiger partial charge in [0, 0.05) is 11.6 Å². The van der Waals surface area contributed by atoms with Crippen LogP contribution in [0.2, 0.25) is 5.02 Å². The highest BCUT2D eigenvalue weighted by atomic mass is 35.5.